The maximum absolute atomic E-state index is 13.7. The number of hydrogen-bond donors (Lipinski definition) is 0. The Kier molecular flexibility index (Phi) is 4.54. The molecule has 1 heterocycles. The van der Waals surface area contributed by atoms with Gasteiger partial charge in [0, 0.05) is 11.3 Å². The smallest absolute Gasteiger partial charge is 0.163 e. The summed E-state index contributed by atoms with van der Waals surface area (Å²) in [4.78, 5) is 13.7. The summed E-state index contributed by atoms with van der Waals surface area (Å²) < 4.78 is 12.0. The molecule has 4 atom stereocenters. The molecule has 0 saturated heterocycles. The SMILES string of the molecule is CC1(C)[C@@H](OCc2ccccc2)[C@H]2CC[C@]3(CC/C(=C\c4ccco4)C(=O)[C@@H]13)C2. The van der Waals surface area contributed by atoms with Gasteiger partial charge in [-0.2, -0.15) is 0 Å². The van der Waals surface area contributed by atoms with Crippen LogP contribution >= 0.6 is 0 Å². The molecule has 0 N–H and O–H groups in total. The molecule has 0 aliphatic heterocycles. The summed E-state index contributed by atoms with van der Waals surface area (Å²) in [7, 11) is 0. The Morgan fingerprint density at radius 2 is 1.97 bits per heavy atom. The van der Waals surface area contributed by atoms with Gasteiger partial charge in [0.25, 0.3) is 0 Å². The molecule has 1 aromatic heterocycles. The van der Waals surface area contributed by atoms with Crippen molar-refractivity contribution in [2.24, 2.45) is 22.7 Å². The number of hydrogen-bond acceptors (Lipinski definition) is 3. The van der Waals surface area contributed by atoms with Gasteiger partial charge >= 0.3 is 0 Å². The van der Waals surface area contributed by atoms with Crippen molar-refractivity contribution in [2.45, 2.75) is 58.7 Å². The lowest BCUT2D eigenvalue weighted by molar-refractivity contribution is -0.164. The van der Waals surface area contributed by atoms with Gasteiger partial charge in [0.15, 0.2) is 5.78 Å². The largest absolute Gasteiger partial charge is 0.465 e. The average Bonchev–Trinajstić information content (AvgIpc) is 3.34. The van der Waals surface area contributed by atoms with Crippen LogP contribution in [0.4, 0.5) is 0 Å². The van der Waals surface area contributed by atoms with Gasteiger partial charge in [-0.3, -0.25) is 4.79 Å². The van der Waals surface area contributed by atoms with Crippen LogP contribution in [0.15, 0.2) is 58.7 Å². The Morgan fingerprint density at radius 1 is 1.14 bits per heavy atom. The molecule has 0 radical (unpaired) electrons. The molecule has 2 aromatic rings. The molecule has 3 fully saturated rings. The highest BCUT2D eigenvalue weighted by Gasteiger charge is 2.64. The van der Waals surface area contributed by atoms with Gasteiger partial charge in [0.1, 0.15) is 5.76 Å². The fraction of sp³-hybridized carbons (Fsp3) is 0.500. The van der Waals surface area contributed by atoms with Crippen LogP contribution < -0.4 is 0 Å². The molecule has 1 aromatic carbocycles. The first-order valence-electron chi connectivity index (χ1n) is 10.9. The molecule has 3 saturated carbocycles. The van der Waals surface area contributed by atoms with E-state index in [1.54, 1.807) is 6.26 Å². The zero-order valence-corrected chi connectivity index (χ0v) is 17.4. The summed E-state index contributed by atoms with van der Waals surface area (Å²) in [5, 5.41) is 0. The van der Waals surface area contributed by atoms with E-state index in [0.717, 1.165) is 37.0 Å². The Hall–Kier alpha value is -2.13. The maximum Gasteiger partial charge on any atom is 0.163 e. The molecule has 5 rings (SSSR count). The molecule has 3 aliphatic rings. The lowest BCUT2D eigenvalue weighted by atomic mass is 9.49. The number of ether oxygens (including phenoxy) is 1. The average molecular weight is 391 g/mol. The van der Waals surface area contributed by atoms with Crippen molar-refractivity contribution in [2.75, 3.05) is 0 Å². The number of Topliss-reactive ketones (excluding diaryl/α,β-unsaturated/α-hetero) is 1. The zero-order valence-electron chi connectivity index (χ0n) is 17.4. The van der Waals surface area contributed by atoms with Crippen LogP contribution in [0.25, 0.3) is 6.08 Å². The van der Waals surface area contributed by atoms with Gasteiger partial charge in [-0.05, 0) is 72.8 Å². The van der Waals surface area contributed by atoms with E-state index in [1.807, 2.05) is 24.3 Å². The normalized spacial score (nSPS) is 34.3. The fourth-order valence-corrected chi connectivity index (χ4v) is 6.76. The molecule has 29 heavy (non-hydrogen) atoms. The molecule has 0 unspecified atom stereocenters. The summed E-state index contributed by atoms with van der Waals surface area (Å²) in [5.41, 5.74) is 2.12. The summed E-state index contributed by atoms with van der Waals surface area (Å²) >= 11 is 0. The number of furan rings is 1. The number of benzene rings is 1. The Morgan fingerprint density at radius 3 is 2.72 bits per heavy atom. The number of rotatable bonds is 4. The number of carbonyl (C=O) groups excluding carboxylic acids is 1. The predicted molar refractivity (Wildman–Crippen MR) is 113 cm³/mol. The Labute approximate surface area is 173 Å². The fourth-order valence-electron chi connectivity index (χ4n) is 6.76. The maximum atomic E-state index is 13.7. The summed E-state index contributed by atoms with van der Waals surface area (Å²) in [6.07, 6.45) is 9.22. The van der Waals surface area contributed by atoms with Crippen LogP contribution in [-0.4, -0.2) is 11.9 Å². The quantitative estimate of drug-likeness (QED) is 0.596. The third-order valence-electron chi connectivity index (χ3n) is 7.80. The van der Waals surface area contributed by atoms with Crippen molar-refractivity contribution in [1.82, 2.24) is 0 Å². The van der Waals surface area contributed by atoms with Gasteiger partial charge < -0.3 is 9.15 Å². The molecule has 0 amide bonds. The van der Waals surface area contributed by atoms with E-state index >= 15 is 0 Å². The highest BCUT2D eigenvalue weighted by Crippen LogP contribution is 2.66. The van der Waals surface area contributed by atoms with Gasteiger partial charge in [-0.15, -0.1) is 0 Å². The van der Waals surface area contributed by atoms with Crippen LogP contribution in [0, 0.1) is 22.7 Å². The number of ketones is 1. The third kappa shape index (κ3) is 3.11. The van der Waals surface area contributed by atoms with Gasteiger partial charge in [-0.1, -0.05) is 44.2 Å². The third-order valence-corrected chi connectivity index (χ3v) is 7.80. The number of carbonyl (C=O) groups is 1. The Bertz CT molecular complexity index is 909. The standard InChI is InChI=1S/C26H30O3/c1-25(2)23-22(27)19(15-21-9-6-14-28-21)10-12-26(23)13-11-20(16-26)24(25)29-17-18-7-4-3-5-8-18/h3-9,14-15,20,23-24H,10-13,16-17H2,1-2H3/b19-15+/t20-,23-,24-,26+/m0/s1. The number of allylic oxidation sites excluding steroid dienone is 1. The molecule has 152 valence electrons. The van der Waals surface area contributed by atoms with Crippen LogP contribution in [0.1, 0.15) is 57.3 Å². The van der Waals surface area contributed by atoms with Crippen LogP contribution in [0.3, 0.4) is 0 Å². The minimum atomic E-state index is -0.173. The van der Waals surface area contributed by atoms with E-state index in [9.17, 15) is 4.79 Å². The van der Waals surface area contributed by atoms with E-state index in [1.165, 1.54) is 12.0 Å². The zero-order chi connectivity index (χ0) is 20.1. The van der Waals surface area contributed by atoms with Crippen LogP contribution in [-0.2, 0) is 16.1 Å². The molecule has 3 aliphatic carbocycles. The van der Waals surface area contributed by atoms with Crippen LogP contribution in [0.5, 0.6) is 0 Å². The monoisotopic (exact) mass is 390 g/mol. The van der Waals surface area contributed by atoms with E-state index in [2.05, 4.69) is 38.1 Å². The number of fused-ring (bicyclic) bond motifs is 1. The highest BCUT2D eigenvalue weighted by atomic mass is 16.5. The van der Waals surface area contributed by atoms with Crippen molar-refractivity contribution >= 4 is 11.9 Å². The first kappa shape index (κ1) is 18.9. The van der Waals surface area contributed by atoms with Crippen molar-refractivity contribution in [3.63, 3.8) is 0 Å². The highest BCUT2D eigenvalue weighted by molar-refractivity contribution is 6.02. The Balaban J connectivity index is 1.44. The molecule has 1 spiro atoms. The van der Waals surface area contributed by atoms with Gasteiger partial charge in [0.05, 0.1) is 19.0 Å². The molecule has 2 bridgehead atoms. The lowest BCUT2D eigenvalue weighted by Crippen LogP contribution is -2.57. The minimum Gasteiger partial charge on any atom is -0.465 e. The molecular weight excluding hydrogens is 360 g/mol. The van der Waals surface area contributed by atoms with E-state index in [0.29, 0.717) is 18.3 Å². The second-order valence-corrected chi connectivity index (χ2v) is 9.89. The second-order valence-electron chi connectivity index (χ2n) is 9.89. The lowest BCUT2D eigenvalue weighted by Gasteiger charge is -2.55. The van der Waals surface area contributed by atoms with E-state index in [-0.39, 0.29) is 22.9 Å². The summed E-state index contributed by atoms with van der Waals surface area (Å²) in [6.45, 7) is 5.16. The van der Waals surface area contributed by atoms with E-state index in [4.69, 9.17) is 9.15 Å². The summed E-state index contributed by atoms with van der Waals surface area (Å²) in [5.74, 6) is 1.70. The summed E-state index contributed by atoms with van der Waals surface area (Å²) in [6, 6.07) is 14.2. The second kappa shape index (κ2) is 6.98. The molecule has 3 heteroatoms. The van der Waals surface area contributed by atoms with Crippen molar-refractivity contribution < 1.29 is 13.9 Å². The van der Waals surface area contributed by atoms with Crippen LogP contribution in [0.2, 0.25) is 0 Å². The van der Waals surface area contributed by atoms with Crippen molar-refractivity contribution in [3.8, 4) is 0 Å². The van der Waals surface area contributed by atoms with E-state index < -0.39 is 0 Å². The topological polar surface area (TPSA) is 39.4 Å². The van der Waals surface area contributed by atoms with Crippen molar-refractivity contribution in [1.29, 1.82) is 0 Å². The van der Waals surface area contributed by atoms with Gasteiger partial charge in [0.2, 0.25) is 0 Å². The molecule has 3 nitrogen and oxygen atoms in total. The first-order chi connectivity index (χ1) is 14.0. The predicted octanol–water partition coefficient (Wildman–Crippen LogP) is 6.05. The van der Waals surface area contributed by atoms with Crippen molar-refractivity contribution in [3.05, 3.63) is 65.6 Å². The minimum absolute atomic E-state index is 0.0319. The van der Waals surface area contributed by atoms with Gasteiger partial charge in [-0.25, -0.2) is 0 Å². The molecular formula is C26H30O3. The first-order valence-corrected chi connectivity index (χ1v) is 10.9.